The van der Waals surface area contributed by atoms with Crippen molar-refractivity contribution in [2.75, 3.05) is 12.4 Å². The van der Waals surface area contributed by atoms with Crippen LogP contribution in [0.1, 0.15) is 21.7 Å². The Morgan fingerprint density at radius 2 is 2.22 bits per heavy atom. The van der Waals surface area contributed by atoms with Gasteiger partial charge in [-0.1, -0.05) is 6.07 Å². The molecule has 0 amide bonds. The highest BCUT2D eigenvalue weighted by atomic mass is 32.1. The number of rotatable bonds is 5. The Hall–Kier alpha value is -2.67. The highest BCUT2D eigenvalue weighted by Gasteiger charge is 2.11. The van der Waals surface area contributed by atoms with Crippen molar-refractivity contribution in [1.82, 2.24) is 9.97 Å². The summed E-state index contributed by atoms with van der Waals surface area (Å²) in [6.45, 7) is 2.25. The largest absolute Gasteiger partial charge is 0.465 e. The molecule has 3 aromatic rings. The first kappa shape index (κ1) is 15.2. The number of nitrogens with one attached hydrogen (secondary N) is 1. The van der Waals surface area contributed by atoms with Crippen molar-refractivity contribution in [3.63, 3.8) is 0 Å². The Kier molecular flexibility index (Phi) is 4.38. The zero-order chi connectivity index (χ0) is 16.2. The summed E-state index contributed by atoms with van der Waals surface area (Å²) in [4.78, 5) is 21.3. The molecule has 3 rings (SSSR count). The molecular weight excluding hydrogens is 314 g/mol. The molecule has 0 aliphatic heterocycles. The third kappa shape index (κ3) is 3.40. The number of aromatic nitrogens is 2. The predicted octanol–water partition coefficient (Wildman–Crippen LogP) is 3.51. The molecule has 23 heavy (non-hydrogen) atoms. The molecule has 1 N–H and O–H groups in total. The van der Waals surface area contributed by atoms with Gasteiger partial charge in [-0.05, 0) is 30.5 Å². The Morgan fingerprint density at radius 3 is 2.91 bits per heavy atom. The summed E-state index contributed by atoms with van der Waals surface area (Å²) in [5.41, 5.74) is 1.85. The normalized spacial score (nSPS) is 10.5. The lowest BCUT2D eigenvalue weighted by Gasteiger charge is -2.07. The molecule has 0 atom stereocenters. The van der Waals surface area contributed by atoms with E-state index in [0.29, 0.717) is 29.5 Å². The van der Waals surface area contributed by atoms with Gasteiger partial charge in [-0.2, -0.15) is 0 Å². The van der Waals surface area contributed by atoms with Gasteiger partial charge in [-0.3, -0.25) is 0 Å². The summed E-state index contributed by atoms with van der Waals surface area (Å²) in [5, 5.41) is 5.14. The van der Waals surface area contributed by atoms with Crippen LogP contribution in [0, 0.1) is 6.92 Å². The van der Waals surface area contributed by atoms with Gasteiger partial charge in [0.05, 0.1) is 35.5 Å². The third-order valence-corrected chi connectivity index (χ3v) is 4.08. The van der Waals surface area contributed by atoms with Crippen LogP contribution in [0.5, 0.6) is 0 Å². The van der Waals surface area contributed by atoms with E-state index >= 15 is 0 Å². The summed E-state index contributed by atoms with van der Waals surface area (Å²) in [7, 11) is 1.35. The van der Waals surface area contributed by atoms with Crippen LogP contribution in [0.25, 0.3) is 10.8 Å². The van der Waals surface area contributed by atoms with E-state index in [1.165, 1.54) is 7.11 Å². The molecule has 0 spiro atoms. The Labute approximate surface area is 137 Å². The molecule has 3 aromatic heterocycles. The van der Waals surface area contributed by atoms with E-state index in [9.17, 15) is 4.79 Å². The molecule has 3 heterocycles. The smallest absolute Gasteiger partial charge is 0.339 e. The second-order valence-electron chi connectivity index (χ2n) is 4.80. The van der Waals surface area contributed by atoms with Crippen LogP contribution in [-0.4, -0.2) is 23.0 Å². The zero-order valence-electron chi connectivity index (χ0n) is 12.7. The zero-order valence-corrected chi connectivity index (χ0v) is 13.5. The minimum absolute atomic E-state index is 0.390. The van der Waals surface area contributed by atoms with Crippen molar-refractivity contribution >= 4 is 23.1 Å². The SMILES string of the molecule is COC(=O)c1ccc(NCc2coc(-c3cccs3)n2)nc1C. The van der Waals surface area contributed by atoms with Gasteiger partial charge in [0, 0.05) is 0 Å². The van der Waals surface area contributed by atoms with E-state index in [4.69, 9.17) is 9.15 Å². The summed E-state index contributed by atoms with van der Waals surface area (Å²) >= 11 is 1.58. The van der Waals surface area contributed by atoms with E-state index < -0.39 is 5.97 Å². The average Bonchev–Trinajstić information content (AvgIpc) is 3.23. The second kappa shape index (κ2) is 6.62. The van der Waals surface area contributed by atoms with Gasteiger partial charge in [0.1, 0.15) is 12.1 Å². The summed E-state index contributed by atoms with van der Waals surface area (Å²) in [6, 6.07) is 7.34. The van der Waals surface area contributed by atoms with Gasteiger partial charge in [-0.25, -0.2) is 14.8 Å². The number of aryl methyl sites for hydroxylation is 1. The molecule has 0 aliphatic rings. The Bertz CT molecular complexity index is 812. The highest BCUT2D eigenvalue weighted by molar-refractivity contribution is 7.13. The van der Waals surface area contributed by atoms with E-state index in [1.54, 1.807) is 36.7 Å². The van der Waals surface area contributed by atoms with E-state index in [1.807, 2.05) is 17.5 Å². The molecule has 0 aromatic carbocycles. The number of hydrogen-bond acceptors (Lipinski definition) is 7. The first-order chi connectivity index (χ1) is 11.2. The van der Waals surface area contributed by atoms with Gasteiger partial charge in [-0.15, -0.1) is 11.3 Å². The summed E-state index contributed by atoms with van der Waals surface area (Å²) in [6.07, 6.45) is 1.62. The van der Waals surface area contributed by atoms with Crippen molar-refractivity contribution in [2.45, 2.75) is 13.5 Å². The van der Waals surface area contributed by atoms with Gasteiger partial charge >= 0.3 is 5.97 Å². The fourth-order valence-corrected chi connectivity index (χ4v) is 2.72. The van der Waals surface area contributed by atoms with E-state index in [0.717, 1.165) is 10.6 Å². The number of ether oxygens (including phenoxy) is 1. The molecule has 118 valence electrons. The predicted molar refractivity (Wildman–Crippen MR) is 87.5 cm³/mol. The molecule has 0 fully saturated rings. The maximum Gasteiger partial charge on any atom is 0.339 e. The van der Waals surface area contributed by atoms with Crippen molar-refractivity contribution < 1.29 is 13.9 Å². The van der Waals surface area contributed by atoms with Crippen molar-refractivity contribution in [3.8, 4) is 10.8 Å². The number of pyridine rings is 1. The average molecular weight is 329 g/mol. The van der Waals surface area contributed by atoms with Crippen LogP contribution in [0.15, 0.2) is 40.3 Å². The van der Waals surface area contributed by atoms with Crippen LogP contribution in [-0.2, 0) is 11.3 Å². The molecule has 0 aliphatic carbocycles. The fraction of sp³-hybridized carbons (Fsp3) is 0.188. The molecule has 0 radical (unpaired) electrons. The number of nitrogens with zero attached hydrogens (tertiary/aromatic N) is 2. The number of oxazole rings is 1. The topological polar surface area (TPSA) is 77.2 Å². The number of methoxy groups -OCH3 is 1. The molecule has 0 unspecified atom stereocenters. The number of anilines is 1. The third-order valence-electron chi connectivity index (χ3n) is 3.23. The Morgan fingerprint density at radius 1 is 1.35 bits per heavy atom. The van der Waals surface area contributed by atoms with Crippen LogP contribution < -0.4 is 5.32 Å². The lowest BCUT2D eigenvalue weighted by atomic mass is 10.2. The molecule has 7 heteroatoms. The number of carbonyl (C=O) groups excluding carboxylic acids is 1. The van der Waals surface area contributed by atoms with Gasteiger partial charge in [0.2, 0.25) is 5.89 Å². The number of hydrogen-bond donors (Lipinski definition) is 1. The second-order valence-corrected chi connectivity index (χ2v) is 5.74. The molecule has 6 nitrogen and oxygen atoms in total. The lowest BCUT2D eigenvalue weighted by Crippen LogP contribution is -2.08. The monoisotopic (exact) mass is 329 g/mol. The van der Waals surface area contributed by atoms with Gasteiger partial charge in [0.25, 0.3) is 0 Å². The fourth-order valence-electron chi connectivity index (χ4n) is 2.07. The van der Waals surface area contributed by atoms with Crippen LogP contribution >= 0.6 is 11.3 Å². The first-order valence-corrected chi connectivity index (χ1v) is 7.83. The van der Waals surface area contributed by atoms with Gasteiger partial charge in [0.15, 0.2) is 0 Å². The minimum Gasteiger partial charge on any atom is -0.465 e. The van der Waals surface area contributed by atoms with Crippen molar-refractivity contribution in [1.29, 1.82) is 0 Å². The number of esters is 1. The minimum atomic E-state index is -0.390. The lowest BCUT2D eigenvalue weighted by molar-refractivity contribution is 0.0599. The maximum absolute atomic E-state index is 11.5. The van der Waals surface area contributed by atoms with E-state index in [-0.39, 0.29) is 0 Å². The standard InChI is InChI=1S/C16H15N3O3S/c1-10-12(16(20)21-2)5-6-14(18-10)17-8-11-9-22-15(19-11)13-4-3-7-23-13/h3-7,9H,8H2,1-2H3,(H,17,18). The van der Waals surface area contributed by atoms with E-state index in [2.05, 4.69) is 15.3 Å². The first-order valence-electron chi connectivity index (χ1n) is 6.95. The van der Waals surface area contributed by atoms with Gasteiger partial charge < -0.3 is 14.5 Å². The molecule has 0 saturated heterocycles. The Balaban J connectivity index is 1.67. The van der Waals surface area contributed by atoms with Crippen molar-refractivity contribution in [2.24, 2.45) is 0 Å². The summed E-state index contributed by atoms with van der Waals surface area (Å²) in [5.74, 6) is 0.886. The van der Waals surface area contributed by atoms with Crippen LogP contribution in [0.4, 0.5) is 5.82 Å². The number of carbonyl (C=O) groups is 1. The summed E-state index contributed by atoms with van der Waals surface area (Å²) < 4.78 is 10.2. The maximum atomic E-state index is 11.5. The van der Waals surface area contributed by atoms with Crippen molar-refractivity contribution in [3.05, 3.63) is 52.9 Å². The number of thiophene rings is 1. The molecular formula is C16H15N3O3S. The van der Waals surface area contributed by atoms with Crippen LogP contribution in [0.2, 0.25) is 0 Å². The highest BCUT2D eigenvalue weighted by Crippen LogP contribution is 2.23. The quantitative estimate of drug-likeness (QED) is 0.722. The molecule has 0 saturated carbocycles. The van der Waals surface area contributed by atoms with Crippen LogP contribution in [0.3, 0.4) is 0 Å². The molecule has 0 bridgehead atoms.